The second kappa shape index (κ2) is 9.74. The SMILES string of the molecule is CC(=O)c1ccc(CCNC[C@@H](C)NSc2ccc3c(c2)C=CNC3)cc1. The van der Waals surface area contributed by atoms with E-state index in [1.807, 2.05) is 30.5 Å². The van der Waals surface area contributed by atoms with Crippen molar-refractivity contribution in [3.63, 3.8) is 0 Å². The molecule has 0 fully saturated rings. The summed E-state index contributed by atoms with van der Waals surface area (Å²) in [6.07, 6.45) is 5.09. The van der Waals surface area contributed by atoms with Crippen LogP contribution >= 0.6 is 11.9 Å². The minimum Gasteiger partial charge on any atom is -0.387 e. The van der Waals surface area contributed by atoms with E-state index in [9.17, 15) is 4.79 Å². The average Bonchev–Trinajstić information content (AvgIpc) is 2.70. The maximum Gasteiger partial charge on any atom is 0.159 e. The molecule has 0 saturated carbocycles. The highest BCUT2D eigenvalue weighted by Gasteiger charge is 2.07. The first-order valence-corrected chi connectivity index (χ1v) is 10.2. The summed E-state index contributed by atoms with van der Waals surface area (Å²) in [6, 6.07) is 14.8. The number of rotatable bonds is 9. The summed E-state index contributed by atoms with van der Waals surface area (Å²) in [5, 5.41) is 6.73. The van der Waals surface area contributed by atoms with Crippen molar-refractivity contribution in [3.8, 4) is 0 Å². The molecule has 4 nitrogen and oxygen atoms in total. The Hall–Kier alpha value is -2.08. The van der Waals surface area contributed by atoms with Gasteiger partial charge in [-0.05, 0) is 79.9 Å². The third kappa shape index (κ3) is 5.96. The number of hydrogen-bond donors (Lipinski definition) is 3. The molecule has 3 N–H and O–H groups in total. The molecule has 0 amide bonds. The van der Waals surface area contributed by atoms with Gasteiger partial charge in [0.2, 0.25) is 0 Å². The van der Waals surface area contributed by atoms with E-state index in [1.54, 1.807) is 18.9 Å². The van der Waals surface area contributed by atoms with Gasteiger partial charge in [0.05, 0.1) is 0 Å². The second-order valence-corrected chi connectivity index (χ2v) is 7.81. The molecule has 142 valence electrons. The Bertz CT molecular complexity index is 802. The van der Waals surface area contributed by atoms with Crippen molar-refractivity contribution in [1.82, 2.24) is 15.4 Å². The van der Waals surface area contributed by atoms with E-state index in [2.05, 4.69) is 46.6 Å². The predicted octanol–water partition coefficient (Wildman–Crippen LogP) is 3.78. The van der Waals surface area contributed by atoms with Gasteiger partial charge in [0.15, 0.2) is 5.78 Å². The quantitative estimate of drug-likeness (QED) is 0.351. The average molecular weight is 382 g/mol. The number of carbonyl (C=O) groups is 1. The van der Waals surface area contributed by atoms with Crippen molar-refractivity contribution in [2.75, 3.05) is 13.1 Å². The summed E-state index contributed by atoms with van der Waals surface area (Å²) in [5.74, 6) is 0.115. The van der Waals surface area contributed by atoms with Crippen LogP contribution in [0.15, 0.2) is 53.6 Å². The zero-order chi connectivity index (χ0) is 19.1. The lowest BCUT2D eigenvalue weighted by atomic mass is 10.1. The topological polar surface area (TPSA) is 53.2 Å². The first-order valence-electron chi connectivity index (χ1n) is 9.37. The molecule has 0 aromatic heterocycles. The van der Waals surface area contributed by atoms with Crippen molar-refractivity contribution in [2.24, 2.45) is 0 Å². The van der Waals surface area contributed by atoms with Gasteiger partial charge < -0.3 is 10.6 Å². The second-order valence-electron chi connectivity index (χ2n) is 6.90. The van der Waals surface area contributed by atoms with E-state index in [0.29, 0.717) is 6.04 Å². The van der Waals surface area contributed by atoms with Gasteiger partial charge in [0.25, 0.3) is 0 Å². The Balaban J connectivity index is 1.35. The zero-order valence-corrected chi connectivity index (χ0v) is 16.7. The smallest absolute Gasteiger partial charge is 0.159 e. The molecule has 0 saturated heterocycles. The largest absolute Gasteiger partial charge is 0.387 e. The number of fused-ring (bicyclic) bond motifs is 1. The number of benzene rings is 2. The van der Waals surface area contributed by atoms with Crippen LogP contribution in [0.4, 0.5) is 0 Å². The number of nitrogens with one attached hydrogen (secondary N) is 3. The lowest BCUT2D eigenvalue weighted by Gasteiger charge is -2.16. The van der Waals surface area contributed by atoms with Crippen LogP contribution < -0.4 is 15.4 Å². The maximum absolute atomic E-state index is 11.3. The molecule has 0 bridgehead atoms. The molecule has 0 unspecified atom stereocenters. The first kappa shape index (κ1) is 19.7. The van der Waals surface area contributed by atoms with Crippen molar-refractivity contribution < 1.29 is 4.79 Å². The summed E-state index contributed by atoms with van der Waals surface area (Å²) >= 11 is 1.68. The summed E-state index contributed by atoms with van der Waals surface area (Å²) in [7, 11) is 0. The first-order chi connectivity index (χ1) is 13.1. The van der Waals surface area contributed by atoms with E-state index in [0.717, 1.165) is 31.6 Å². The van der Waals surface area contributed by atoms with Crippen molar-refractivity contribution in [1.29, 1.82) is 0 Å². The minimum absolute atomic E-state index is 0.115. The third-order valence-corrected chi connectivity index (χ3v) is 5.58. The standard InChI is InChI=1S/C22H27N3OS/c1-16(14-23-11-9-18-3-5-19(6-4-18)17(2)26)25-27-22-8-7-21-15-24-12-10-20(21)13-22/h3-8,10,12-13,16,23-25H,9,11,14-15H2,1-2H3/t16-/m1/s1. The van der Waals surface area contributed by atoms with Gasteiger partial charge in [0.1, 0.15) is 0 Å². The van der Waals surface area contributed by atoms with Crippen molar-refractivity contribution in [3.05, 3.63) is 70.9 Å². The molecule has 1 aliphatic heterocycles. The van der Waals surface area contributed by atoms with E-state index < -0.39 is 0 Å². The van der Waals surface area contributed by atoms with Gasteiger partial charge in [-0.3, -0.25) is 9.52 Å². The molecule has 5 heteroatoms. The minimum atomic E-state index is 0.115. The fourth-order valence-electron chi connectivity index (χ4n) is 2.94. The van der Waals surface area contributed by atoms with E-state index in [1.165, 1.54) is 21.6 Å². The van der Waals surface area contributed by atoms with Crippen LogP contribution in [0.5, 0.6) is 0 Å². The third-order valence-electron chi connectivity index (χ3n) is 4.57. The molecule has 1 atom stereocenters. The van der Waals surface area contributed by atoms with Gasteiger partial charge in [-0.25, -0.2) is 0 Å². The lowest BCUT2D eigenvalue weighted by Crippen LogP contribution is -2.33. The number of carbonyl (C=O) groups excluding carboxylic acids is 1. The molecular weight excluding hydrogens is 354 g/mol. The number of hydrogen-bond acceptors (Lipinski definition) is 5. The highest BCUT2D eigenvalue weighted by Crippen LogP contribution is 2.22. The van der Waals surface area contributed by atoms with E-state index in [4.69, 9.17) is 0 Å². The fraction of sp³-hybridized carbons (Fsp3) is 0.318. The molecule has 27 heavy (non-hydrogen) atoms. The molecular formula is C22H27N3OS. The van der Waals surface area contributed by atoms with Crippen LogP contribution in [-0.4, -0.2) is 24.9 Å². The zero-order valence-electron chi connectivity index (χ0n) is 15.9. The Morgan fingerprint density at radius 3 is 2.81 bits per heavy atom. The van der Waals surface area contributed by atoms with Gasteiger partial charge in [-0.2, -0.15) is 0 Å². The van der Waals surface area contributed by atoms with Gasteiger partial charge in [-0.15, -0.1) is 0 Å². The maximum atomic E-state index is 11.3. The Morgan fingerprint density at radius 1 is 1.22 bits per heavy atom. The summed E-state index contributed by atoms with van der Waals surface area (Å²) < 4.78 is 3.50. The number of Topliss-reactive ketones (excluding diaryl/α,β-unsaturated/α-hetero) is 1. The van der Waals surface area contributed by atoms with Crippen molar-refractivity contribution in [2.45, 2.75) is 37.8 Å². The summed E-state index contributed by atoms with van der Waals surface area (Å²) in [6.45, 7) is 6.52. The summed E-state index contributed by atoms with van der Waals surface area (Å²) in [5.41, 5.74) is 4.66. The molecule has 0 spiro atoms. The van der Waals surface area contributed by atoms with Crippen LogP contribution in [0.2, 0.25) is 0 Å². The lowest BCUT2D eigenvalue weighted by molar-refractivity contribution is 0.101. The van der Waals surface area contributed by atoms with Crippen LogP contribution in [0.25, 0.3) is 6.08 Å². The molecule has 1 aliphatic rings. The van der Waals surface area contributed by atoms with Crippen LogP contribution in [0.3, 0.4) is 0 Å². The predicted molar refractivity (Wildman–Crippen MR) is 114 cm³/mol. The highest BCUT2D eigenvalue weighted by atomic mass is 32.2. The number of ketones is 1. The molecule has 3 rings (SSSR count). The highest BCUT2D eigenvalue weighted by molar-refractivity contribution is 7.97. The molecule has 2 aromatic carbocycles. The van der Waals surface area contributed by atoms with E-state index >= 15 is 0 Å². The van der Waals surface area contributed by atoms with Crippen LogP contribution in [-0.2, 0) is 13.0 Å². The van der Waals surface area contributed by atoms with Gasteiger partial charge in [-0.1, -0.05) is 30.3 Å². The molecule has 0 aliphatic carbocycles. The van der Waals surface area contributed by atoms with Crippen molar-refractivity contribution >= 4 is 23.8 Å². The summed E-state index contributed by atoms with van der Waals surface area (Å²) in [4.78, 5) is 12.5. The normalized spacial score (nSPS) is 13.7. The monoisotopic (exact) mass is 381 g/mol. The molecule has 1 heterocycles. The Morgan fingerprint density at radius 2 is 2.04 bits per heavy atom. The fourth-order valence-corrected chi connectivity index (χ4v) is 3.68. The van der Waals surface area contributed by atoms with Crippen LogP contribution in [0.1, 0.15) is 40.9 Å². The Labute approximate surface area is 166 Å². The van der Waals surface area contributed by atoms with Gasteiger partial charge >= 0.3 is 0 Å². The molecule has 2 aromatic rings. The van der Waals surface area contributed by atoms with Crippen LogP contribution in [0, 0.1) is 0 Å². The van der Waals surface area contributed by atoms with E-state index in [-0.39, 0.29) is 5.78 Å². The Kier molecular flexibility index (Phi) is 7.10. The van der Waals surface area contributed by atoms with Gasteiger partial charge in [0, 0.05) is 29.6 Å². The molecule has 0 radical (unpaired) electrons.